The van der Waals surface area contributed by atoms with E-state index in [4.69, 9.17) is 19.4 Å². The van der Waals surface area contributed by atoms with Crippen LogP contribution in [0, 0.1) is 6.92 Å². The van der Waals surface area contributed by atoms with Gasteiger partial charge in [-0.15, -0.1) is 0 Å². The third kappa shape index (κ3) is 5.94. The molecule has 0 aliphatic carbocycles. The number of carbonyl (C=O) groups excluding carboxylic acids is 1. The van der Waals surface area contributed by atoms with Crippen molar-refractivity contribution in [1.82, 2.24) is 25.1 Å². The van der Waals surface area contributed by atoms with Crippen molar-refractivity contribution in [2.24, 2.45) is 0 Å². The topological polar surface area (TPSA) is 94.4 Å². The van der Waals surface area contributed by atoms with Gasteiger partial charge in [-0.05, 0) is 25.0 Å². The van der Waals surface area contributed by atoms with Crippen LogP contribution in [0.15, 0.2) is 35.6 Å². The highest BCUT2D eigenvalue weighted by Crippen LogP contribution is 2.28. The van der Waals surface area contributed by atoms with Gasteiger partial charge < -0.3 is 19.7 Å². The molecule has 10 heteroatoms. The van der Waals surface area contributed by atoms with E-state index >= 15 is 0 Å². The number of aryl methyl sites for hydroxylation is 1. The molecule has 9 nitrogen and oxygen atoms in total. The number of morpholine rings is 1. The molecule has 3 heterocycles. The molecule has 1 fully saturated rings. The minimum absolute atomic E-state index is 0.0220. The number of fused-ring (bicyclic) bond motifs is 1. The van der Waals surface area contributed by atoms with Crippen molar-refractivity contribution in [3.05, 3.63) is 36.0 Å². The SMILES string of the molecule is CCCSc1nc(N2CCOCC2)c2cnn(CCNC(=O)COc3ccccc3C)c2n1. The fourth-order valence-electron chi connectivity index (χ4n) is 3.57. The zero-order valence-corrected chi connectivity index (χ0v) is 19.9. The zero-order chi connectivity index (χ0) is 23.0. The molecule has 2 aromatic heterocycles. The van der Waals surface area contributed by atoms with Crippen molar-refractivity contribution in [2.45, 2.75) is 32.0 Å². The summed E-state index contributed by atoms with van der Waals surface area (Å²) in [6, 6.07) is 7.65. The lowest BCUT2D eigenvalue weighted by Crippen LogP contribution is -2.37. The molecule has 4 rings (SSSR count). The third-order valence-electron chi connectivity index (χ3n) is 5.30. The standard InChI is InChI=1S/C23H30N6O3S/c1-3-14-33-23-26-21(28-10-12-31-13-11-28)18-15-25-29(22(18)27-23)9-8-24-20(30)16-32-19-7-5-4-6-17(19)2/h4-7,15H,3,8-14,16H2,1-2H3,(H,24,30). The van der Waals surface area contributed by atoms with Crippen molar-refractivity contribution in [3.63, 3.8) is 0 Å². The lowest BCUT2D eigenvalue weighted by molar-refractivity contribution is -0.123. The number of nitrogens with one attached hydrogen (secondary N) is 1. The van der Waals surface area contributed by atoms with Gasteiger partial charge in [0.15, 0.2) is 17.4 Å². The molecule has 1 aliphatic heterocycles. The average Bonchev–Trinajstić information content (AvgIpc) is 3.25. The van der Waals surface area contributed by atoms with E-state index < -0.39 is 0 Å². The Morgan fingerprint density at radius 2 is 2.06 bits per heavy atom. The molecule has 1 aromatic carbocycles. The van der Waals surface area contributed by atoms with Crippen molar-refractivity contribution in [2.75, 3.05) is 50.1 Å². The van der Waals surface area contributed by atoms with Gasteiger partial charge in [-0.25, -0.2) is 14.6 Å². The van der Waals surface area contributed by atoms with Crippen molar-refractivity contribution in [3.8, 4) is 5.75 Å². The number of anilines is 1. The molecular weight excluding hydrogens is 440 g/mol. The van der Waals surface area contributed by atoms with Gasteiger partial charge in [0.2, 0.25) is 0 Å². The highest BCUT2D eigenvalue weighted by molar-refractivity contribution is 7.99. The molecule has 0 saturated carbocycles. The molecule has 0 bridgehead atoms. The van der Waals surface area contributed by atoms with Gasteiger partial charge in [0.25, 0.3) is 5.91 Å². The van der Waals surface area contributed by atoms with Gasteiger partial charge in [0.05, 0.1) is 31.3 Å². The van der Waals surface area contributed by atoms with Crippen LogP contribution < -0.4 is 15.0 Å². The van der Waals surface area contributed by atoms with Crippen LogP contribution in [-0.4, -0.2) is 70.9 Å². The maximum Gasteiger partial charge on any atom is 0.258 e. The number of rotatable bonds is 10. The highest BCUT2D eigenvalue weighted by Gasteiger charge is 2.20. The summed E-state index contributed by atoms with van der Waals surface area (Å²) in [4.78, 5) is 24.1. The van der Waals surface area contributed by atoms with Crippen LogP contribution in [0.5, 0.6) is 5.75 Å². The Morgan fingerprint density at radius 1 is 1.24 bits per heavy atom. The Labute approximate surface area is 197 Å². The quantitative estimate of drug-likeness (QED) is 0.357. The van der Waals surface area contributed by atoms with Crippen molar-refractivity contribution < 1.29 is 14.3 Å². The van der Waals surface area contributed by atoms with E-state index in [9.17, 15) is 4.79 Å². The first-order chi connectivity index (χ1) is 16.2. The molecule has 176 valence electrons. The zero-order valence-electron chi connectivity index (χ0n) is 19.1. The lowest BCUT2D eigenvalue weighted by atomic mass is 10.2. The second-order valence-electron chi connectivity index (χ2n) is 7.79. The van der Waals surface area contributed by atoms with E-state index in [0.29, 0.717) is 26.3 Å². The van der Waals surface area contributed by atoms with Crippen molar-refractivity contribution in [1.29, 1.82) is 0 Å². The number of para-hydroxylation sites is 1. The maximum absolute atomic E-state index is 12.2. The Morgan fingerprint density at radius 3 is 2.85 bits per heavy atom. The third-order valence-corrected chi connectivity index (χ3v) is 6.35. The van der Waals surface area contributed by atoms with Crippen LogP contribution in [0.25, 0.3) is 11.0 Å². The van der Waals surface area contributed by atoms with Crippen molar-refractivity contribution >= 4 is 34.5 Å². The Bertz CT molecular complexity index is 1080. The summed E-state index contributed by atoms with van der Waals surface area (Å²) < 4.78 is 13.0. The summed E-state index contributed by atoms with van der Waals surface area (Å²) in [7, 11) is 0. The summed E-state index contributed by atoms with van der Waals surface area (Å²) in [5.74, 6) is 2.41. The fourth-order valence-corrected chi connectivity index (χ4v) is 4.26. The van der Waals surface area contributed by atoms with Gasteiger partial charge in [-0.3, -0.25) is 4.79 Å². The van der Waals surface area contributed by atoms with Crippen LogP contribution in [0.2, 0.25) is 0 Å². The predicted octanol–water partition coefficient (Wildman–Crippen LogP) is 2.67. The molecule has 0 spiro atoms. The number of amides is 1. The largest absolute Gasteiger partial charge is 0.484 e. The van der Waals surface area contributed by atoms with E-state index in [2.05, 4.69) is 22.2 Å². The first-order valence-corrected chi connectivity index (χ1v) is 12.3. The molecular formula is C23H30N6O3S. The number of nitrogens with zero attached hydrogens (tertiary/aromatic N) is 5. The van der Waals surface area contributed by atoms with Crippen LogP contribution in [0.1, 0.15) is 18.9 Å². The molecule has 3 aromatic rings. The summed E-state index contributed by atoms with van der Waals surface area (Å²) in [6.07, 6.45) is 2.87. The molecule has 1 amide bonds. The van der Waals surface area contributed by atoms with Crippen LogP contribution in [-0.2, 0) is 16.1 Å². The predicted molar refractivity (Wildman–Crippen MR) is 129 cm³/mol. The van der Waals surface area contributed by atoms with E-state index in [1.165, 1.54) is 0 Å². The molecule has 0 radical (unpaired) electrons. The highest BCUT2D eigenvalue weighted by atomic mass is 32.2. The molecule has 1 N–H and O–H groups in total. The first-order valence-electron chi connectivity index (χ1n) is 11.3. The van der Waals surface area contributed by atoms with Gasteiger partial charge in [-0.1, -0.05) is 36.9 Å². The smallest absolute Gasteiger partial charge is 0.258 e. The number of carbonyl (C=O) groups is 1. The number of hydrogen-bond donors (Lipinski definition) is 1. The number of aromatic nitrogens is 4. The fraction of sp³-hybridized carbons (Fsp3) is 0.478. The first kappa shape index (κ1) is 23.3. The lowest BCUT2D eigenvalue weighted by Gasteiger charge is -2.28. The van der Waals surface area contributed by atoms with E-state index in [1.54, 1.807) is 11.8 Å². The van der Waals surface area contributed by atoms with Gasteiger partial charge >= 0.3 is 0 Å². The van der Waals surface area contributed by atoms with E-state index in [1.807, 2.05) is 42.1 Å². The molecule has 0 unspecified atom stereocenters. The summed E-state index contributed by atoms with van der Waals surface area (Å²) >= 11 is 1.65. The summed E-state index contributed by atoms with van der Waals surface area (Å²) in [5, 5.41) is 9.12. The van der Waals surface area contributed by atoms with Gasteiger partial charge in [0.1, 0.15) is 11.6 Å². The van der Waals surface area contributed by atoms with Gasteiger partial charge in [-0.2, -0.15) is 5.10 Å². The maximum atomic E-state index is 12.2. The van der Waals surface area contributed by atoms with E-state index in [0.717, 1.165) is 58.6 Å². The second kappa shape index (κ2) is 11.3. The number of ether oxygens (including phenoxy) is 2. The minimum Gasteiger partial charge on any atom is -0.484 e. The van der Waals surface area contributed by atoms with Gasteiger partial charge in [0, 0.05) is 25.4 Å². The molecule has 0 atom stereocenters. The number of hydrogen-bond acceptors (Lipinski definition) is 8. The Hall–Kier alpha value is -2.85. The normalized spacial score (nSPS) is 13.9. The molecule has 33 heavy (non-hydrogen) atoms. The molecule has 1 saturated heterocycles. The second-order valence-corrected chi connectivity index (χ2v) is 8.85. The minimum atomic E-state index is -0.169. The summed E-state index contributed by atoms with van der Waals surface area (Å²) in [5.41, 5.74) is 1.79. The van der Waals surface area contributed by atoms with Crippen LogP contribution >= 0.6 is 11.8 Å². The Balaban J connectivity index is 1.41. The number of benzene rings is 1. The Kier molecular flexibility index (Phi) is 8.01. The van der Waals surface area contributed by atoms with E-state index in [-0.39, 0.29) is 12.5 Å². The number of thioether (sulfide) groups is 1. The average molecular weight is 471 g/mol. The van der Waals surface area contributed by atoms with Crippen LogP contribution in [0.3, 0.4) is 0 Å². The van der Waals surface area contributed by atoms with Crippen LogP contribution in [0.4, 0.5) is 5.82 Å². The summed E-state index contributed by atoms with van der Waals surface area (Å²) in [6.45, 7) is 7.99. The molecule has 1 aliphatic rings. The monoisotopic (exact) mass is 470 g/mol.